The molecule has 2 heterocycles. The van der Waals surface area contributed by atoms with Gasteiger partial charge in [0, 0.05) is 44.6 Å². The van der Waals surface area contributed by atoms with E-state index < -0.39 is 10.0 Å². The Morgan fingerprint density at radius 1 is 0.939 bits per heavy atom. The number of hydrogen-bond acceptors (Lipinski definition) is 3. The van der Waals surface area contributed by atoms with Gasteiger partial charge in [-0.25, -0.2) is 8.42 Å². The van der Waals surface area contributed by atoms with E-state index in [1.54, 1.807) is 4.31 Å². The van der Waals surface area contributed by atoms with Crippen molar-refractivity contribution < 1.29 is 8.42 Å². The normalized spacial score (nSPS) is 15.9. The summed E-state index contributed by atoms with van der Waals surface area (Å²) in [4.78, 5) is 2.90. The highest BCUT2D eigenvalue weighted by Crippen LogP contribution is 2.31. The minimum absolute atomic E-state index is 0.0166. The molecule has 0 unspecified atom stereocenters. The van der Waals surface area contributed by atoms with Crippen molar-refractivity contribution in [3.05, 3.63) is 88.7 Å². The zero-order valence-electron chi connectivity index (χ0n) is 20.2. The molecule has 1 saturated heterocycles. The van der Waals surface area contributed by atoms with Crippen LogP contribution in [0.5, 0.6) is 0 Å². The molecule has 33 heavy (non-hydrogen) atoms. The second-order valence-electron chi connectivity index (χ2n) is 9.38. The van der Waals surface area contributed by atoms with Gasteiger partial charge in [-0.05, 0) is 62.4 Å². The molecule has 0 N–H and O–H groups in total. The van der Waals surface area contributed by atoms with Crippen molar-refractivity contribution in [3.8, 4) is 0 Å². The highest BCUT2D eigenvalue weighted by Gasteiger charge is 2.36. The average Bonchev–Trinajstić information content (AvgIpc) is 3.17. The van der Waals surface area contributed by atoms with Crippen molar-refractivity contribution in [2.75, 3.05) is 13.1 Å². The number of piperidine rings is 1. The summed E-state index contributed by atoms with van der Waals surface area (Å²) in [6, 6.07) is 18.4. The van der Waals surface area contributed by atoms with Gasteiger partial charge in [0.2, 0.25) is 10.0 Å². The summed E-state index contributed by atoms with van der Waals surface area (Å²) in [5, 5.41) is 0. The van der Waals surface area contributed by atoms with E-state index in [1.807, 2.05) is 68.9 Å². The van der Waals surface area contributed by atoms with Gasteiger partial charge in [0.05, 0.1) is 11.4 Å². The first-order chi connectivity index (χ1) is 15.8. The molecular formula is C27H35N3O2S. The lowest BCUT2D eigenvalue weighted by molar-refractivity contribution is 0.149. The Morgan fingerprint density at radius 3 is 2.15 bits per heavy atom. The van der Waals surface area contributed by atoms with E-state index in [2.05, 4.69) is 29.2 Å². The third kappa shape index (κ3) is 5.24. The Kier molecular flexibility index (Phi) is 7.07. The van der Waals surface area contributed by atoms with Crippen molar-refractivity contribution in [1.82, 2.24) is 13.8 Å². The molecule has 5 nitrogen and oxygen atoms in total. The lowest BCUT2D eigenvalue weighted by Crippen LogP contribution is -2.47. The molecule has 2 aromatic carbocycles. The van der Waals surface area contributed by atoms with Crippen molar-refractivity contribution in [2.45, 2.75) is 57.6 Å². The highest BCUT2D eigenvalue weighted by atomic mass is 32.2. The van der Waals surface area contributed by atoms with Crippen LogP contribution in [0.3, 0.4) is 0 Å². The minimum Gasteiger partial charge on any atom is -0.353 e. The molecule has 176 valence electrons. The van der Waals surface area contributed by atoms with Gasteiger partial charge in [0.25, 0.3) is 0 Å². The third-order valence-electron chi connectivity index (χ3n) is 6.75. The van der Waals surface area contributed by atoms with Crippen LogP contribution in [0.15, 0.2) is 65.7 Å². The summed E-state index contributed by atoms with van der Waals surface area (Å²) >= 11 is 0. The van der Waals surface area contributed by atoms with Crippen LogP contribution < -0.4 is 0 Å². The molecule has 1 aliphatic heterocycles. The summed E-state index contributed by atoms with van der Waals surface area (Å²) in [7, 11) is -1.67. The van der Waals surface area contributed by atoms with Gasteiger partial charge >= 0.3 is 0 Å². The lowest BCUT2D eigenvalue weighted by atomic mass is 10.0. The predicted octanol–water partition coefficient (Wildman–Crippen LogP) is 4.81. The molecule has 0 saturated carbocycles. The Hall–Kier alpha value is -2.41. The fourth-order valence-corrected chi connectivity index (χ4v) is 7.20. The monoisotopic (exact) mass is 465 g/mol. The van der Waals surface area contributed by atoms with E-state index in [9.17, 15) is 8.42 Å². The number of benzene rings is 2. The molecule has 4 rings (SSSR count). The SMILES string of the molecule is Cc1cc(C)c(S(=O)(=O)N(Cc2cccn2C)C2CCN(Cc3ccccc3)CC2)c(C)c1. The quantitative estimate of drug-likeness (QED) is 0.503. The second kappa shape index (κ2) is 9.84. The van der Waals surface area contributed by atoms with Crippen molar-refractivity contribution in [1.29, 1.82) is 0 Å². The first kappa shape index (κ1) is 23.7. The van der Waals surface area contributed by atoms with Crippen LogP contribution in [0.25, 0.3) is 0 Å². The van der Waals surface area contributed by atoms with Crippen LogP contribution in [-0.4, -0.2) is 41.3 Å². The smallest absolute Gasteiger partial charge is 0.244 e. The number of sulfonamides is 1. The first-order valence-corrected chi connectivity index (χ1v) is 13.2. The van der Waals surface area contributed by atoms with Gasteiger partial charge in [0.15, 0.2) is 0 Å². The Labute approximate surface area is 198 Å². The number of aryl methyl sites for hydroxylation is 4. The molecule has 0 spiro atoms. The summed E-state index contributed by atoms with van der Waals surface area (Å²) in [5.74, 6) is 0. The Bertz CT molecular complexity index is 1170. The van der Waals surface area contributed by atoms with E-state index >= 15 is 0 Å². The summed E-state index contributed by atoms with van der Waals surface area (Å²) in [6.45, 7) is 8.93. The molecule has 3 aromatic rings. The van der Waals surface area contributed by atoms with E-state index in [0.717, 1.165) is 54.9 Å². The standard InChI is InChI=1S/C27H35N3O2S/c1-21-17-22(2)27(23(3)18-21)33(31,32)30(20-26-11-8-14-28(26)4)25-12-15-29(16-13-25)19-24-9-6-5-7-10-24/h5-11,14,17-18,25H,12-13,15-16,19-20H2,1-4H3. The number of aromatic nitrogens is 1. The molecule has 1 aliphatic rings. The Morgan fingerprint density at radius 2 is 1.58 bits per heavy atom. The Balaban J connectivity index is 1.60. The van der Waals surface area contributed by atoms with Crippen LogP contribution in [0.1, 0.15) is 40.8 Å². The first-order valence-electron chi connectivity index (χ1n) is 11.7. The number of hydrogen-bond donors (Lipinski definition) is 0. The summed E-state index contributed by atoms with van der Waals surface area (Å²) in [6.07, 6.45) is 3.64. The van der Waals surface area contributed by atoms with Crippen LogP contribution in [0.4, 0.5) is 0 Å². The van der Waals surface area contributed by atoms with Gasteiger partial charge in [-0.3, -0.25) is 4.90 Å². The number of likely N-dealkylation sites (tertiary alicyclic amines) is 1. The maximum absolute atomic E-state index is 14.1. The van der Waals surface area contributed by atoms with Crippen molar-refractivity contribution in [3.63, 3.8) is 0 Å². The summed E-state index contributed by atoms with van der Waals surface area (Å²) < 4.78 is 32.0. The van der Waals surface area contributed by atoms with Gasteiger partial charge < -0.3 is 4.57 Å². The molecule has 0 amide bonds. The van der Waals surface area contributed by atoms with Gasteiger partial charge in [-0.2, -0.15) is 4.31 Å². The maximum atomic E-state index is 14.1. The van der Waals surface area contributed by atoms with Gasteiger partial charge in [0.1, 0.15) is 0 Å². The van der Waals surface area contributed by atoms with E-state index in [4.69, 9.17) is 0 Å². The van der Waals surface area contributed by atoms with E-state index in [-0.39, 0.29) is 6.04 Å². The molecule has 6 heteroatoms. The second-order valence-corrected chi connectivity index (χ2v) is 11.2. The van der Waals surface area contributed by atoms with Crippen molar-refractivity contribution >= 4 is 10.0 Å². The van der Waals surface area contributed by atoms with Crippen LogP contribution in [0, 0.1) is 20.8 Å². The third-order valence-corrected chi connectivity index (χ3v) is 8.96. The highest BCUT2D eigenvalue weighted by molar-refractivity contribution is 7.89. The molecule has 0 atom stereocenters. The average molecular weight is 466 g/mol. The number of rotatable bonds is 7. The molecule has 0 aliphatic carbocycles. The molecular weight excluding hydrogens is 430 g/mol. The fourth-order valence-electron chi connectivity index (χ4n) is 5.13. The minimum atomic E-state index is -3.65. The zero-order valence-corrected chi connectivity index (χ0v) is 21.0. The lowest BCUT2D eigenvalue weighted by Gasteiger charge is -2.38. The van der Waals surface area contributed by atoms with Crippen LogP contribution >= 0.6 is 0 Å². The molecule has 0 radical (unpaired) electrons. The number of nitrogens with zero attached hydrogens (tertiary/aromatic N) is 3. The van der Waals surface area contributed by atoms with Crippen LogP contribution in [0.2, 0.25) is 0 Å². The van der Waals surface area contributed by atoms with E-state index in [0.29, 0.717) is 11.4 Å². The summed E-state index contributed by atoms with van der Waals surface area (Å²) in [5.41, 5.74) is 5.05. The maximum Gasteiger partial charge on any atom is 0.244 e. The molecule has 1 fully saturated rings. The fraction of sp³-hybridized carbons (Fsp3) is 0.407. The van der Waals surface area contributed by atoms with Gasteiger partial charge in [-0.15, -0.1) is 0 Å². The predicted molar refractivity (Wildman–Crippen MR) is 134 cm³/mol. The van der Waals surface area contributed by atoms with Gasteiger partial charge in [-0.1, -0.05) is 48.0 Å². The molecule has 1 aromatic heterocycles. The molecule has 0 bridgehead atoms. The largest absolute Gasteiger partial charge is 0.353 e. The topological polar surface area (TPSA) is 45.6 Å². The van der Waals surface area contributed by atoms with Crippen LogP contribution in [-0.2, 0) is 30.2 Å². The van der Waals surface area contributed by atoms with E-state index in [1.165, 1.54) is 5.56 Å². The zero-order chi connectivity index (χ0) is 23.6. The van der Waals surface area contributed by atoms with Crippen molar-refractivity contribution in [2.24, 2.45) is 7.05 Å².